The molecule has 1 unspecified atom stereocenters. The van der Waals surface area contributed by atoms with Crippen LogP contribution in [0.2, 0.25) is 0 Å². The zero-order valence-corrected chi connectivity index (χ0v) is 11.0. The van der Waals surface area contributed by atoms with E-state index in [-0.39, 0.29) is 6.61 Å². The molecular weight excluding hydrogens is 222 g/mol. The first-order valence-corrected chi connectivity index (χ1v) is 6.73. The van der Waals surface area contributed by atoms with Crippen molar-refractivity contribution in [3.8, 4) is 11.8 Å². The van der Waals surface area contributed by atoms with Crippen LogP contribution < -0.4 is 0 Å². The van der Waals surface area contributed by atoms with E-state index in [4.69, 9.17) is 5.11 Å². The van der Waals surface area contributed by atoms with Crippen LogP contribution in [0.15, 0.2) is 24.3 Å². The van der Waals surface area contributed by atoms with Crippen molar-refractivity contribution < 1.29 is 5.11 Å². The summed E-state index contributed by atoms with van der Waals surface area (Å²) in [4.78, 5) is 2.51. The summed E-state index contributed by atoms with van der Waals surface area (Å²) in [6.45, 7) is 5.58. The Morgan fingerprint density at radius 2 is 2.22 bits per heavy atom. The van der Waals surface area contributed by atoms with Gasteiger partial charge in [-0.2, -0.15) is 0 Å². The minimum absolute atomic E-state index is 0.0735. The van der Waals surface area contributed by atoms with Gasteiger partial charge in [0.2, 0.25) is 0 Å². The molecule has 1 aliphatic heterocycles. The topological polar surface area (TPSA) is 23.5 Å². The van der Waals surface area contributed by atoms with Gasteiger partial charge in [-0.15, -0.1) is 0 Å². The van der Waals surface area contributed by atoms with E-state index in [1.807, 2.05) is 12.1 Å². The Bertz CT molecular complexity index is 444. The smallest absolute Gasteiger partial charge is 0.104 e. The normalized spacial score (nSPS) is 19.6. The lowest BCUT2D eigenvalue weighted by Gasteiger charge is -2.16. The first kappa shape index (κ1) is 13.1. The predicted molar refractivity (Wildman–Crippen MR) is 74.1 cm³/mol. The SMILES string of the molecule is CCC1CCN(Cc2ccccc2C#CCO)C1. The van der Waals surface area contributed by atoms with Crippen LogP contribution in [0.25, 0.3) is 0 Å². The van der Waals surface area contributed by atoms with Gasteiger partial charge in [0.1, 0.15) is 6.61 Å². The summed E-state index contributed by atoms with van der Waals surface area (Å²) in [5.41, 5.74) is 2.32. The van der Waals surface area contributed by atoms with E-state index in [0.717, 1.165) is 18.0 Å². The van der Waals surface area contributed by atoms with Crippen LogP contribution in [0.1, 0.15) is 30.9 Å². The number of hydrogen-bond donors (Lipinski definition) is 1. The van der Waals surface area contributed by atoms with Crippen molar-refractivity contribution in [2.75, 3.05) is 19.7 Å². The molecule has 2 heteroatoms. The summed E-state index contributed by atoms with van der Waals surface area (Å²) in [5, 5.41) is 8.79. The standard InChI is InChI=1S/C16H21NO/c1-2-14-9-10-17(12-14)13-16-7-4-3-6-15(16)8-5-11-18/h3-4,6-7,14,18H,2,9-13H2,1H3. The van der Waals surface area contributed by atoms with E-state index < -0.39 is 0 Å². The second-order valence-corrected chi connectivity index (χ2v) is 4.92. The summed E-state index contributed by atoms with van der Waals surface area (Å²) >= 11 is 0. The molecule has 1 aromatic rings. The van der Waals surface area contributed by atoms with Crippen LogP contribution in [-0.4, -0.2) is 29.7 Å². The molecule has 1 fully saturated rings. The highest BCUT2D eigenvalue weighted by molar-refractivity contribution is 5.41. The van der Waals surface area contributed by atoms with Crippen LogP contribution in [0.5, 0.6) is 0 Å². The lowest BCUT2D eigenvalue weighted by molar-refractivity contribution is 0.315. The number of benzene rings is 1. The van der Waals surface area contributed by atoms with Gasteiger partial charge in [0, 0.05) is 18.7 Å². The molecule has 1 aliphatic rings. The van der Waals surface area contributed by atoms with Gasteiger partial charge in [-0.3, -0.25) is 4.90 Å². The lowest BCUT2D eigenvalue weighted by atomic mass is 10.1. The highest BCUT2D eigenvalue weighted by atomic mass is 16.2. The largest absolute Gasteiger partial charge is 0.384 e. The zero-order chi connectivity index (χ0) is 12.8. The number of rotatable bonds is 3. The van der Waals surface area contributed by atoms with Gasteiger partial charge in [-0.1, -0.05) is 43.4 Å². The molecule has 18 heavy (non-hydrogen) atoms. The second kappa shape index (κ2) is 6.58. The van der Waals surface area contributed by atoms with Crippen molar-refractivity contribution in [1.29, 1.82) is 0 Å². The van der Waals surface area contributed by atoms with Crippen molar-refractivity contribution in [2.24, 2.45) is 5.92 Å². The van der Waals surface area contributed by atoms with Crippen LogP contribution in [0, 0.1) is 17.8 Å². The lowest BCUT2D eigenvalue weighted by Crippen LogP contribution is -2.20. The Labute approximate surface area is 110 Å². The fourth-order valence-corrected chi connectivity index (χ4v) is 2.55. The van der Waals surface area contributed by atoms with Crippen molar-refractivity contribution >= 4 is 0 Å². The molecule has 1 saturated heterocycles. The van der Waals surface area contributed by atoms with Crippen LogP contribution in [0.4, 0.5) is 0 Å². The quantitative estimate of drug-likeness (QED) is 0.823. The molecule has 0 bridgehead atoms. The maximum Gasteiger partial charge on any atom is 0.104 e. The average molecular weight is 243 g/mol. The van der Waals surface area contributed by atoms with E-state index in [9.17, 15) is 0 Å². The molecular formula is C16H21NO. The van der Waals surface area contributed by atoms with Crippen LogP contribution >= 0.6 is 0 Å². The Balaban J connectivity index is 2.05. The molecule has 0 saturated carbocycles. The summed E-state index contributed by atoms with van der Waals surface area (Å²) < 4.78 is 0. The highest BCUT2D eigenvalue weighted by Crippen LogP contribution is 2.21. The maximum atomic E-state index is 8.79. The molecule has 1 aromatic carbocycles. The third kappa shape index (κ3) is 3.35. The van der Waals surface area contributed by atoms with Crippen molar-refractivity contribution in [3.63, 3.8) is 0 Å². The molecule has 0 amide bonds. The third-order valence-electron chi connectivity index (χ3n) is 3.66. The summed E-state index contributed by atoms with van der Waals surface area (Å²) in [5.74, 6) is 6.63. The summed E-state index contributed by atoms with van der Waals surface area (Å²) in [6, 6.07) is 8.24. The number of aliphatic hydroxyl groups excluding tert-OH is 1. The second-order valence-electron chi connectivity index (χ2n) is 4.92. The molecule has 0 radical (unpaired) electrons. The molecule has 1 atom stereocenters. The Kier molecular flexibility index (Phi) is 4.81. The first-order chi connectivity index (χ1) is 8.83. The van der Waals surface area contributed by atoms with E-state index >= 15 is 0 Å². The number of nitrogens with zero attached hydrogens (tertiary/aromatic N) is 1. The van der Waals surface area contributed by atoms with Gasteiger partial charge in [0.25, 0.3) is 0 Å². The molecule has 96 valence electrons. The number of hydrogen-bond acceptors (Lipinski definition) is 2. The summed E-state index contributed by atoms with van der Waals surface area (Å²) in [6.07, 6.45) is 2.60. The van der Waals surface area contributed by atoms with E-state index in [2.05, 4.69) is 35.8 Å². The Morgan fingerprint density at radius 3 is 2.94 bits per heavy atom. The molecule has 0 spiro atoms. The fourth-order valence-electron chi connectivity index (χ4n) is 2.55. The minimum Gasteiger partial charge on any atom is -0.384 e. The van der Waals surface area contributed by atoms with Gasteiger partial charge in [0.05, 0.1) is 0 Å². The van der Waals surface area contributed by atoms with Crippen LogP contribution in [-0.2, 0) is 6.54 Å². The Morgan fingerprint density at radius 1 is 1.39 bits per heavy atom. The fraction of sp³-hybridized carbons (Fsp3) is 0.500. The van der Waals surface area contributed by atoms with Gasteiger partial charge >= 0.3 is 0 Å². The molecule has 1 heterocycles. The van der Waals surface area contributed by atoms with Gasteiger partial charge in [-0.05, 0) is 30.5 Å². The molecule has 1 N–H and O–H groups in total. The number of aliphatic hydroxyl groups is 1. The molecule has 2 rings (SSSR count). The predicted octanol–water partition coefficient (Wildman–Crippen LogP) is 2.26. The van der Waals surface area contributed by atoms with E-state index in [1.54, 1.807) is 0 Å². The molecule has 2 nitrogen and oxygen atoms in total. The number of likely N-dealkylation sites (tertiary alicyclic amines) is 1. The minimum atomic E-state index is -0.0735. The zero-order valence-electron chi connectivity index (χ0n) is 11.0. The van der Waals surface area contributed by atoms with E-state index in [1.165, 1.54) is 31.5 Å². The van der Waals surface area contributed by atoms with Crippen molar-refractivity contribution in [2.45, 2.75) is 26.3 Å². The molecule has 0 aromatic heterocycles. The van der Waals surface area contributed by atoms with Gasteiger partial charge in [0.15, 0.2) is 0 Å². The maximum absolute atomic E-state index is 8.79. The van der Waals surface area contributed by atoms with Crippen molar-refractivity contribution in [1.82, 2.24) is 4.90 Å². The van der Waals surface area contributed by atoms with E-state index in [0.29, 0.717) is 0 Å². The van der Waals surface area contributed by atoms with Crippen molar-refractivity contribution in [3.05, 3.63) is 35.4 Å². The van der Waals surface area contributed by atoms with Crippen LogP contribution in [0.3, 0.4) is 0 Å². The van der Waals surface area contributed by atoms with Gasteiger partial charge in [-0.25, -0.2) is 0 Å². The molecule has 0 aliphatic carbocycles. The highest BCUT2D eigenvalue weighted by Gasteiger charge is 2.21. The Hall–Kier alpha value is -1.30. The third-order valence-corrected chi connectivity index (χ3v) is 3.66. The summed E-state index contributed by atoms with van der Waals surface area (Å²) in [7, 11) is 0. The van der Waals surface area contributed by atoms with Gasteiger partial charge < -0.3 is 5.11 Å². The average Bonchev–Trinajstić information content (AvgIpc) is 2.85. The monoisotopic (exact) mass is 243 g/mol. The first-order valence-electron chi connectivity index (χ1n) is 6.73.